The zero-order valence-electron chi connectivity index (χ0n) is 8.19. The maximum absolute atomic E-state index is 9.13. The van der Waals surface area contributed by atoms with E-state index in [4.69, 9.17) is 5.11 Å². The lowest BCUT2D eigenvalue weighted by atomic mass is 9.82. The van der Waals surface area contributed by atoms with Gasteiger partial charge in [-0.2, -0.15) is 0 Å². The van der Waals surface area contributed by atoms with Crippen LogP contribution < -0.4 is 0 Å². The van der Waals surface area contributed by atoms with Gasteiger partial charge in [0.1, 0.15) is 5.69 Å². The first-order chi connectivity index (χ1) is 6.86. The van der Waals surface area contributed by atoms with Crippen molar-refractivity contribution in [1.29, 1.82) is 0 Å². The van der Waals surface area contributed by atoms with Crippen molar-refractivity contribution in [2.24, 2.45) is 0 Å². The number of aromatic nitrogens is 3. The van der Waals surface area contributed by atoms with Gasteiger partial charge in [0.15, 0.2) is 0 Å². The number of aliphatic hydroxyl groups excluding tert-OH is 1. The molecule has 0 atom stereocenters. The SMILES string of the molecule is C=CCn1nnc(CO)c1C1CCC1. The molecule has 0 aromatic carbocycles. The van der Waals surface area contributed by atoms with Crippen molar-refractivity contribution in [2.75, 3.05) is 0 Å². The molecule has 1 saturated carbocycles. The zero-order valence-corrected chi connectivity index (χ0v) is 8.19. The molecule has 0 saturated heterocycles. The smallest absolute Gasteiger partial charge is 0.112 e. The molecule has 1 N–H and O–H groups in total. The summed E-state index contributed by atoms with van der Waals surface area (Å²) in [4.78, 5) is 0. The minimum atomic E-state index is -0.0109. The van der Waals surface area contributed by atoms with Crippen molar-refractivity contribution >= 4 is 0 Å². The molecule has 1 aromatic rings. The topological polar surface area (TPSA) is 50.9 Å². The van der Waals surface area contributed by atoms with Gasteiger partial charge in [0.25, 0.3) is 0 Å². The van der Waals surface area contributed by atoms with Crippen LogP contribution in [0.3, 0.4) is 0 Å². The third kappa shape index (κ3) is 1.46. The first-order valence-electron chi connectivity index (χ1n) is 5.00. The first-order valence-corrected chi connectivity index (χ1v) is 5.00. The van der Waals surface area contributed by atoms with Crippen LogP contribution in [0, 0.1) is 0 Å². The van der Waals surface area contributed by atoms with E-state index in [1.807, 2.05) is 4.68 Å². The third-order valence-electron chi connectivity index (χ3n) is 2.79. The Bertz CT molecular complexity index is 328. The minimum Gasteiger partial charge on any atom is -0.390 e. The van der Waals surface area contributed by atoms with E-state index in [1.54, 1.807) is 6.08 Å². The molecule has 2 rings (SSSR count). The molecule has 1 aliphatic rings. The van der Waals surface area contributed by atoms with Crippen molar-refractivity contribution in [3.63, 3.8) is 0 Å². The van der Waals surface area contributed by atoms with E-state index < -0.39 is 0 Å². The van der Waals surface area contributed by atoms with Crippen molar-refractivity contribution in [1.82, 2.24) is 15.0 Å². The number of hydrogen-bond acceptors (Lipinski definition) is 3. The molecule has 1 aromatic heterocycles. The Kier molecular flexibility index (Phi) is 2.63. The Balaban J connectivity index is 2.29. The third-order valence-corrected chi connectivity index (χ3v) is 2.79. The van der Waals surface area contributed by atoms with Crippen LogP contribution >= 0.6 is 0 Å². The van der Waals surface area contributed by atoms with E-state index in [0.717, 1.165) is 11.4 Å². The van der Waals surface area contributed by atoms with Crippen molar-refractivity contribution in [2.45, 2.75) is 38.3 Å². The highest BCUT2D eigenvalue weighted by atomic mass is 16.3. The first kappa shape index (κ1) is 9.40. The van der Waals surface area contributed by atoms with Crippen LogP contribution in [0.1, 0.15) is 36.6 Å². The van der Waals surface area contributed by atoms with Crippen LogP contribution in [-0.2, 0) is 13.2 Å². The van der Waals surface area contributed by atoms with Crippen LogP contribution in [-0.4, -0.2) is 20.1 Å². The van der Waals surface area contributed by atoms with E-state index in [1.165, 1.54) is 19.3 Å². The summed E-state index contributed by atoms with van der Waals surface area (Å²) in [6.07, 6.45) is 5.46. The van der Waals surface area contributed by atoms with Crippen LogP contribution in [0.2, 0.25) is 0 Å². The lowest BCUT2D eigenvalue weighted by molar-refractivity contribution is 0.271. The van der Waals surface area contributed by atoms with Crippen molar-refractivity contribution < 1.29 is 5.11 Å². The summed E-state index contributed by atoms with van der Waals surface area (Å²) in [7, 11) is 0. The van der Waals surface area contributed by atoms with Crippen molar-refractivity contribution in [3.05, 3.63) is 24.0 Å². The molecule has 4 nitrogen and oxygen atoms in total. The lowest BCUT2D eigenvalue weighted by Gasteiger charge is -2.26. The molecular weight excluding hydrogens is 178 g/mol. The Morgan fingerprint density at radius 3 is 2.86 bits per heavy atom. The highest BCUT2D eigenvalue weighted by Crippen LogP contribution is 2.37. The van der Waals surface area contributed by atoms with Gasteiger partial charge in [-0.15, -0.1) is 11.7 Å². The average Bonchev–Trinajstić information content (AvgIpc) is 2.47. The molecule has 14 heavy (non-hydrogen) atoms. The van der Waals surface area contributed by atoms with Crippen LogP contribution in [0.4, 0.5) is 0 Å². The van der Waals surface area contributed by atoms with E-state index in [-0.39, 0.29) is 6.61 Å². The van der Waals surface area contributed by atoms with Crippen LogP contribution in [0.15, 0.2) is 12.7 Å². The number of nitrogens with zero attached hydrogens (tertiary/aromatic N) is 3. The standard InChI is InChI=1S/C10H15N3O/c1-2-6-13-10(8-4-3-5-8)9(7-14)11-12-13/h2,8,14H,1,3-7H2. The summed E-state index contributed by atoms with van der Waals surface area (Å²) in [5.74, 6) is 0.548. The van der Waals surface area contributed by atoms with Gasteiger partial charge in [-0.25, -0.2) is 4.68 Å². The van der Waals surface area contributed by atoms with Gasteiger partial charge < -0.3 is 5.11 Å². The largest absolute Gasteiger partial charge is 0.390 e. The van der Waals surface area contributed by atoms with Gasteiger partial charge in [-0.1, -0.05) is 17.7 Å². The summed E-state index contributed by atoms with van der Waals surface area (Å²) >= 11 is 0. The molecule has 0 bridgehead atoms. The summed E-state index contributed by atoms with van der Waals surface area (Å²) in [6, 6.07) is 0. The van der Waals surface area contributed by atoms with Gasteiger partial charge in [0.05, 0.1) is 18.8 Å². The number of allylic oxidation sites excluding steroid dienone is 1. The zero-order chi connectivity index (χ0) is 9.97. The molecule has 76 valence electrons. The van der Waals surface area contributed by atoms with Gasteiger partial charge in [0.2, 0.25) is 0 Å². The second kappa shape index (κ2) is 3.92. The molecule has 0 amide bonds. The normalized spacial score (nSPS) is 16.6. The molecular formula is C10H15N3O. The number of hydrogen-bond donors (Lipinski definition) is 1. The highest BCUT2D eigenvalue weighted by molar-refractivity contribution is 5.17. The Labute approximate surface area is 83.2 Å². The molecule has 4 heteroatoms. The van der Waals surface area contributed by atoms with E-state index in [0.29, 0.717) is 12.5 Å². The van der Waals surface area contributed by atoms with Gasteiger partial charge in [-0.3, -0.25) is 0 Å². The highest BCUT2D eigenvalue weighted by Gasteiger charge is 2.26. The summed E-state index contributed by atoms with van der Waals surface area (Å²) in [5.41, 5.74) is 1.84. The van der Waals surface area contributed by atoms with E-state index in [2.05, 4.69) is 16.9 Å². The molecule has 1 fully saturated rings. The summed E-state index contributed by atoms with van der Waals surface area (Å²) < 4.78 is 1.85. The summed E-state index contributed by atoms with van der Waals surface area (Å²) in [5, 5.41) is 17.1. The number of rotatable bonds is 4. The molecule has 0 unspecified atom stereocenters. The number of aliphatic hydroxyl groups is 1. The minimum absolute atomic E-state index is 0.0109. The fraction of sp³-hybridized carbons (Fsp3) is 0.600. The molecule has 1 heterocycles. The quantitative estimate of drug-likeness (QED) is 0.731. The molecule has 0 spiro atoms. The predicted molar refractivity (Wildman–Crippen MR) is 52.7 cm³/mol. The molecule has 1 aliphatic carbocycles. The maximum Gasteiger partial charge on any atom is 0.112 e. The van der Waals surface area contributed by atoms with Gasteiger partial charge >= 0.3 is 0 Å². The summed E-state index contributed by atoms with van der Waals surface area (Å²) in [6.45, 7) is 4.35. The Morgan fingerprint density at radius 1 is 1.57 bits per heavy atom. The second-order valence-corrected chi connectivity index (χ2v) is 3.68. The fourth-order valence-corrected chi connectivity index (χ4v) is 1.85. The van der Waals surface area contributed by atoms with Gasteiger partial charge in [0, 0.05) is 5.92 Å². The Hall–Kier alpha value is -1.16. The lowest BCUT2D eigenvalue weighted by Crippen LogP contribution is -2.16. The molecule has 0 aliphatic heterocycles. The van der Waals surface area contributed by atoms with Crippen LogP contribution in [0.5, 0.6) is 0 Å². The monoisotopic (exact) mass is 193 g/mol. The Morgan fingerprint density at radius 2 is 2.36 bits per heavy atom. The average molecular weight is 193 g/mol. The maximum atomic E-state index is 9.13. The fourth-order valence-electron chi connectivity index (χ4n) is 1.85. The second-order valence-electron chi connectivity index (χ2n) is 3.68. The van der Waals surface area contributed by atoms with Crippen molar-refractivity contribution in [3.8, 4) is 0 Å². The van der Waals surface area contributed by atoms with Gasteiger partial charge in [-0.05, 0) is 12.8 Å². The van der Waals surface area contributed by atoms with Crippen LogP contribution in [0.25, 0.3) is 0 Å². The van der Waals surface area contributed by atoms with E-state index in [9.17, 15) is 0 Å². The molecule has 0 radical (unpaired) electrons. The predicted octanol–water partition coefficient (Wildman–Crippen LogP) is 1.22. The van der Waals surface area contributed by atoms with E-state index >= 15 is 0 Å².